The van der Waals surface area contributed by atoms with E-state index >= 15 is 0 Å². The number of halogens is 1. The van der Waals surface area contributed by atoms with Crippen molar-refractivity contribution in [2.24, 2.45) is 0 Å². The first-order chi connectivity index (χ1) is 15.2. The van der Waals surface area contributed by atoms with E-state index in [-0.39, 0.29) is 17.6 Å². The highest BCUT2D eigenvalue weighted by Crippen LogP contribution is 2.28. The number of carbonyl (C=O) groups is 1. The molecule has 1 N–H and O–H groups in total. The number of carbonyl (C=O) groups excluding carboxylic acids is 1. The van der Waals surface area contributed by atoms with Crippen LogP contribution >= 0.6 is 0 Å². The standard InChI is InChI=1S/C26H30FN3O/c1-2-21(23-9-7-8-20-18-28-13-12-22(20)23)26(31)29-17-19-10-11-25(24(27)16-19)30-14-5-3-4-6-15-30/h7-13,16,18,21H,2-6,14-15,17H2,1H3,(H,29,31). The fourth-order valence-corrected chi connectivity index (χ4v) is 4.54. The molecule has 1 saturated heterocycles. The maximum absolute atomic E-state index is 14.8. The van der Waals surface area contributed by atoms with Gasteiger partial charge >= 0.3 is 0 Å². The number of anilines is 1. The quantitative estimate of drug-likeness (QED) is 0.569. The van der Waals surface area contributed by atoms with E-state index in [1.54, 1.807) is 12.3 Å². The molecule has 4 rings (SSSR count). The normalized spacial score (nSPS) is 15.5. The van der Waals surface area contributed by atoms with Crippen molar-refractivity contribution in [3.8, 4) is 0 Å². The summed E-state index contributed by atoms with van der Waals surface area (Å²) >= 11 is 0. The number of fused-ring (bicyclic) bond motifs is 1. The zero-order chi connectivity index (χ0) is 21.6. The lowest BCUT2D eigenvalue weighted by Crippen LogP contribution is -2.29. The first-order valence-corrected chi connectivity index (χ1v) is 11.3. The number of rotatable bonds is 6. The molecule has 162 valence electrons. The number of pyridine rings is 1. The Bertz CT molecular complexity index is 1040. The van der Waals surface area contributed by atoms with Crippen LogP contribution in [0.5, 0.6) is 0 Å². The van der Waals surface area contributed by atoms with Gasteiger partial charge in [-0.3, -0.25) is 9.78 Å². The molecule has 0 bridgehead atoms. The predicted octanol–water partition coefficient (Wildman–Crippen LogP) is 5.56. The highest BCUT2D eigenvalue weighted by atomic mass is 19.1. The van der Waals surface area contributed by atoms with Gasteiger partial charge in [0, 0.05) is 37.4 Å². The molecule has 0 radical (unpaired) electrons. The molecule has 1 unspecified atom stereocenters. The Labute approximate surface area is 183 Å². The summed E-state index contributed by atoms with van der Waals surface area (Å²) in [6.45, 7) is 4.15. The molecule has 1 aromatic heterocycles. The smallest absolute Gasteiger partial charge is 0.227 e. The average Bonchev–Trinajstić information content (AvgIpc) is 3.08. The Hall–Kier alpha value is -2.95. The summed E-state index contributed by atoms with van der Waals surface area (Å²) in [5.41, 5.74) is 2.46. The van der Waals surface area contributed by atoms with Crippen molar-refractivity contribution >= 4 is 22.4 Å². The number of amides is 1. The minimum Gasteiger partial charge on any atom is -0.369 e. The van der Waals surface area contributed by atoms with Crippen molar-refractivity contribution in [3.63, 3.8) is 0 Å². The first-order valence-electron chi connectivity index (χ1n) is 11.3. The van der Waals surface area contributed by atoms with E-state index < -0.39 is 0 Å². The SMILES string of the molecule is CCC(C(=O)NCc1ccc(N2CCCCCC2)c(F)c1)c1cccc2cnccc12. The van der Waals surface area contributed by atoms with E-state index in [0.717, 1.165) is 47.8 Å². The second-order valence-corrected chi connectivity index (χ2v) is 8.31. The summed E-state index contributed by atoms with van der Waals surface area (Å²) in [4.78, 5) is 19.3. The van der Waals surface area contributed by atoms with Gasteiger partial charge in [-0.15, -0.1) is 0 Å². The van der Waals surface area contributed by atoms with Crippen LogP contribution in [0.1, 0.15) is 56.1 Å². The Morgan fingerprint density at radius 2 is 1.94 bits per heavy atom. The molecule has 1 aliphatic rings. The predicted molar refractivity (Wildman–Crippen MR) is 124 cm³/mol. The van der Waals surface area contributed by atoms with Gasteiger partial charge in [-0.2, -0.15) is 0 Å². The molecule has 2 heterocycles. The van der Waals surface area contributed by atoms with Gasteiger partial charge in [0.1, 0.15) is 5.82 Å². The van der Waals surface area contributed by atoms with E-state index in [0.29, 0.717) is 18.7 Å². The molecule has 1 amide bonds. The van der Waals surface area contributed by atoms with Gasteiger partial charge in [0.05, 0.1) is 11.6 Å². The molecule has 1 atom stereocenters. The lowest BCUT2D eigenvalue weighted by molar-refractivity contribution is -0.122. The van der Waals surface area contributed by atoms with Crippen molar-refractivity contribution in [2.45, 2.75) is 51.5 Å². The summed E-state index contributed by atoms with van der Waals surface area (Å²) in [6, 6.07) is 13.3. The minimum atomic E-state index is -0.257. The van der Waals surface area contributed by atoms with Crippen molar-refractivity contribution in [3.05, 3.63) is 71.8 Å². The van der Waals surface area contributed by atoms with Crippen LogP contribution in [0.25, 0.3) is 10.8 Å². The van der Waals surface area contributed by atoms with Crippen molar-refractivity contribution in [2.75, 3.05) is 18.0 Å². The monoisotopic (exact) mass is 419 g/mol. The maximum atomic E-state index is 14.8. The second kappa shape index (κ2) is 9.90. The lowest BCUT2D eigenvalue weighted by Gasteiger charge is -2.23. The number of aromatic nitrogens is 1. The van der Waals surface area contributed by atoms with Crippen LogP contribution in [0.15, 0.2) is 54.9 Å². The van der Waals surface area contributed by atoms with Crippen LogP contribution in [0.4, 0.5) is 10.1 Å². The van der Waals surface area contributed by atoms with Crippen LogP contribution in [-0.2, 0) is 11.3 Å². The number of hydrogen-bond donors (Lipinski definition) is 1. The zero-order valence-corrected chi connectivity index (χ0v) is 18.1. The fourth-order valence-electron chi connectivity index (χ4n) is 4.54. The Morgan fingerprint density at radius 1 is 1.13 bits per heavy atom. The molecular weight excluding hydrogens is 389 g/mol. The van der Waals surface area contributed by atoms with Gasteiger partial charge < -0.3 is 10.2 Å². The Morgan fingerprint density at radius 3 is 2.68 bits per heavy atom. The molecule has 0 spiro atoms. The molecule has 0 aliphatic carbocycles. The zero-order valence-electron chi connectivity index (χ0n) is 18.1. The van der Waals surface area contributed by atoms with Gasteiger partial charge in [-0.1, -0.05) is 44.0 Å². The van der Waals surface area contributed by atoms with Crippen LogP contribution < -0.4 is 10.2 Å². The number of benzene rings is 2. The van der Waals surface area contributed by atoms with Gasteiger partial charge in [-0.05, 0) is 54.0 Å². The van der Waals surface area contributed by atoms with Crippen LogP contribution in [0, 0.1) is 5.82 Å². The lowest BCUT2D eigenvalue weighted by atomic mass is 9.91. The number of hydrogen-bond acceptors (Lipinski definition) is 3. The van der Waals surface area contributed by atoms with Crippen LogP contribution in [-0.4, -0.2) is 24.0 Å². The third kappa shape index (κ3) is 4.87. The molecule has 0 saturated carbocycles. The van der Waals surface area contributed by atoms with Crippen LogP contribution in [0.2, 0.25) is 0 Å². The van der Waals surface area contributed by atoms with E-state index in [9.17, 15) is 9.18 Å². The van der Waals surface area contributed by atoms with Crippen molar-refractivity contribution in [1.82, 2.24) is 10.3 Å². The Kier molecular flexibility index (Phi) is 6.80. The second-order valence-electron chi connectivity index (χ2n) is 8.31. The van der Waals surface area contributed by atoms with E-state index in [1.165, 1.54) is 12.8 Å². The average molecular weight is 420 g/mol. The third-order valence-electron chi connectivity index (χ3n) is 6.24. The third-order valence-corrected chi connectivity index (χ3v) is 6.24. The Balaban J connectivity index is 1.45. The summed E-state index contributed by atoms with van der Waals surface area (Å²) in [5, 5.41) is 5.09. The topological polar surface area (TPSA) is 45.2 Å². The first kappa shape index (κ1) is 21.3. The molecule has 3 aromatic rings. The maximum Gasteiger partial charge on any atom is 0.227 e. The summed E-state index contributed by atoms with van der Waals surface area (Å²) < 4.78 is 14.8. The van der Waals surface area contributed by atoms with Gasteiger partial charge in [0.15, 0.2) is 0 Å². The molecular formula is C26H30FN3O. The molecule has 1 aliphatic heterocycles. The van der Waals surface area contributed by atoms with E-state index in [2.05, 4.69) is 15.2 Å². The molecule has 5 heteroatoms. The van der Waals surface area contributed by atoms with Crippen molar-refractivity contribution < 1.29 is 9.18 Å². The van der Waals surface area contributed by atoms with E-state index in [4.69, 9.17) is 0 Å². The minimum absolute atomic E-state index is 0.0381. The fraction of sp³-hybridized carbons (Fsp3) is 0.385. The number of nitrogens with zero attached hydrogens (tertiary/aromatic N) is 2. The molecule has 4 nitrogen and oxygen atoms in total. The largest absolute Gasteiger partial charge is 0.369 e. The highest BCUT2D eigenvalue weighted by molar-refractivity contribution is 5.92. The summed E-state index contributed by atoms with van der Waals surface area (Å²) in [7, 11) is 0. The van der Waals surface area contributed by atoms with E-state index in [1.807, 2.05) is 49.5 Å². The van der Waals surface area contributed by atoms with Crippen LogP contribution in [0.3, 0.4) is 0 Å². The van der Waals surface area contributed by atoms with Crippen molar-refractivity contribution in [1.29, 1.82) is 0 Å². The van der Waals surface area contributed by atoms with Gasteiger partial charge in [0.25, 0.3) is 0 Å². The van der Waals surface area contributed by atoms with Gasteiger partial charge in [-0.25, -0.2) is 4.39 Å². The van der Waals surface area contributed by atoms with Gasteiger partial charge in [0.2, 0.25) is 5.91 Å². The molecule has 2 aromatic carbocycles. The molecule has 31 heavy (non-hydrogen) atoms. The number of nitrogens with one attached hydrogen (secondary N) is 1. The highest BCUT2D eigenvalue weighted by Gasteiger charge is 2.21. The summed E-state index contributed by atoms with van der Waals surface area (Å²) in [5.74, 6) is -0.502. The summed E-state index contributed by atoms with van der Waals surface area (Å²) in [6.07, 6.45) is 8.92. The molecule has 1 fully saturated rings.